The van der Waals surface area contributed by atoms with Crippen molar-refractivity contribution in [2.75, 3.05) is 7.05 Å². The van der Waals surface area contributed by atoms with E-state index in [1.807, 2.05) is 89.6 Å². The summed E-state index contributed by atoms with van der Waals surface area (Å²) in [6, 6.07) is 27.4. The minimum Gasteiger partial charge on any atom is -0.337 e. The van der Waals surface area contributed by atoms with Crippen LogP contribution < -0.4 is 0 Å². The van der Waals surface area contributed by atoms with E-state index in [9.17, 15) is 4.79 Å². The van der Waals surface area contributed by atoms with Gasteiger partial charge in [0.15, 0.2) is 0 Å². The van der Waals surface area contributed by atoms with E-state index in [0.717, 1.165) is 22.5 Å². The molecule has 1 aromatic heterocycles. The Morgan fingerprint density at radius 3 is 2.19 bits per heavy atom. The van der Waals surface area contributed by atoms with Crippen LogP contribution in [-0.2, 0) is 13.0 Å². The second kappa shape index (κ2) is 9.19. The molecule has 0 unspecified atom stereocenters. The molecule has 0 atom stereocenters. The highest BCUT2D eigenvalue weighted by Crippen LogP contribution is 2.30. The van der Waals surface area contributed by atoms with Gasteiger partial charge in [0, 0.05) is 24.2 Å². The average molecular weight is 430 g/mol. The first-order valence-electron chi connectivity index (χ1n) is 10.3. The summed E-state index contributed by atoms with van der Waals surface area (Å²) in [6.45, 7) is 2.47. The predicted octanol–water partition coefficient (Wildman–Crippen LogP) is 6.03. The number of nitrogens with zero attached hydrogens (tertiary/aromatic N) is 3. The van der Waals surface area contributed by atoms with Crippen molar-refractivity contribution < 1.29 is 4.79 Å². The maximum absolute atomic E-state index is 13.7. The zero-order valence-corrected chi connectivity index (χ0v) is 18.4. The minimum absolute atomic E-state index is 0.0715. The summed E-state index contributed by atoms with van der Waals surface area (Å²) in [4.78, 5) is 15.4. The topological polar surface area (TPSA) is 38.1 Å². The monoisotopic (exact) mass is 429 g/mol. The van der Waals surface area contributed by atoms with Gasteiger partial charge in [-0.2, -0.15) is 5.10 Å². The first kappa shape index (κ1) is 20.9. The Labute approximate surface area is 187 Å². The van der Waals surface area contributed by atoms with E-state index in [-0.39, 0.29) is 5.91 Å². The first-order valence-corrected chi connectivity index (χ1v) is 10.7. The van der Waals surface area contributed by atoms with E-state index in [2.05, 4.69) is 6.92 Å². The van der Waals surface area contributed by atoms with E-state index in [0.29, 0.717) is 29.2 Å². The van der Waals surface area contributed by atoms with Crippen LogP contribution in [0.15, 0.2) is 84.9 Å². The summed E-state index contributed by atoms with van der Waals surface area (Å²) in [5.74, 6) is -0.0715. The van der Waals surface area contributed by atoms with Crippen molar-refractivity contribution in [3.63, 3.8) is 0 Å². The van der Waals surface area contributed by atoms with Crippen molar-refractivity contribution in [1.82, 2.24) is 14.7 Å². The van der Waals surface area contributed by atoms with Crippen molar-refractivity contribution in [1.29, 1.82) is 0 Å². The summed E-state index contributed by atoms with van der Waals surface area (Å²) in [5, 5.41) is 5.55. The van der Waals surface area contributed by atoms with Crippen molar-refractivity contribution >= 4 is 17.5 Å². The molecule has 0 saturated heterocycles. The van der Waals surface area contributed by atoms with Gasteiger partial charge < -0.3 is 4.90 Å². The number of carbonyl (C=O) groups is 1. The maximum atomic E-state index is 13.7. The highest BCUT2D eigenvalue weighted by molar-refractivity contribution is 6.31. The Hall–Kier alpha value is -3.37. The van der Waals surface area contributed by atoms with Crippen LogP contribution in [-0.4, -0.2) is 27.6 Å². The zero-order chi connectivity index (χ0) is 21.8. The molecule has 0 N–H and O–H groups in total. The van der Waals surface area contributed by atoms with Gasteiger partial charge in [0.25, 0.3) is 5.91 Å². The zero-order valence-electron chi connectivity index (χ0n) is 17.6. The van der Waals surface area contributed by atoms with E-state index in [1.165, 1.54) is 0 Å². The molecule has 31 heavy (non-hydrogen) atoms. The molecule has 0 bridgehead atoms. The molecule has 1 amide bonds. The fourth-order valence-electron chi connectivity index (χ4n) is 3.73. The van der Waals surface area contributed by atoms with Crippen LogP contribution in [0.25, 0.3) is 16.9 Å². The van der Waals surface area contributed by atoms with E-state index >= 15 is 0 Å². The molecule has 0 spiro atoms. The molecule has 5 heteroatoms. The van der Waals surface area contributed by atoms with Crippen LogP contribution in [0.3, 0.4) is 0 Å². The van der Waals surface area contributed by atoms with E-state index in [4.69, 9.17) is 16.7 Å². The summed E-state index contributed by atoms with van der Waals surface area (Å²) in [6.07, 6.45) is 0.676. The molecule has 0 aliphatic carbocycles. The maximum Gasteiger partial charge on any atom is 0.258 e. The smallest absolute Gasteiger partial charge is 0.258 e. The molecule has 0 saturated carbocycles. The number of aromatic nitrogens is 2. The van der Waals surface area contributed by atoms with Gasteiger partial charge >= 0.3 is 0 Å². The number of rotatable bonds is 6. The van der Waals surface area contributed by atoms with E-state index in [1.54, 1.807) is 11.9 Å². The van der Waals surface area contributed by atoms with Gasteiger partial charge in [-0.05, 0) is 30.2 Å². The van der Waals surface area contributed by atoms with Gasteiger partial charge in [0.2, 0.25) is 0 Å². The Morgan fingerprint density at radius 1 is 0.935 bits per heavy atom. The lowest BCUT2D eigenvalue weighted by Gasteiger charge is -2.19. The van der Waals surface area contributed by atoms with Crippen LogP contribution in [0.2, 0.25) is 5.02 Å². The van der Waals surface area contributed by atoms with Gasteiger partial charge in [0.05, 0.1) is 16.9 Å². The third-order valence-electron chi connectivity index (χ3n) is 5.29. The van der Waals surface area contributed by atoms with Crippen LogP contribution in [0, 0.1) is 0 Å². The first-order chi connectivity index (χ1) is 15.1. The molecule has 4 rings (SSSR count). The van der Waals surface area contributed by atoms with E-state index < -0.39 is 0 Å². The number of amides is 1. The summed E-state index contributed by atoms with van der Waals surface area (Å²) < 4.78 is 1.89. The molecular weight excluding hydrogens is 406 g/mol. The second-order valence-electron chi connectivity index (χ2n) is 7.39. The van der Waals surface area contributed by atoms with Crippen molar-refractivity contribution in [2.45, 2.75) is 19.9 Å². The standard InChI is InChI=1S/C26H24ClN3O/c1-3-23-24(26(31)29(2)18-20-14-10-11-17-22(20)27)25(19-12-6-4-7-13-19)28-30(23)21-15-8-5-9-16-21/h4-17H,3,18H2,1-2H3. The fraction of sp³-hybridized carbons (Fsp3) is 0.154. The molecule has 156 valence electrons. The minimum atomic E-state index is -0.0715. The molecule has 3 aromatic carbocycles. The van der Waals surface area contributed by atoms with Crippen LogP contribution in [0.1, 0.15) is 28.5 Å². The summed E-state index contributed by atoms with van der Waals surface area (Å²) in [5.41, 5.74) is 4.98. The molecule has 0 radical (unpaired) electrons. The molecule has 0 aliphatic rings. The quantitative estimate of drug-likeness (QED) is 0.375. The lowest BCUT2D eigenvalue weighted by atomic mass is 10.0. The van der Waals surface area contributed by atoms with Crippen LogP contribution in [0.5, 0.6) is 0 Å². The predicted molar refractivity (Wildman–Crippen MR) is 126 cm³/mol. The summed E-state index contributed by atoms with van der Waals surface area (Å²) >= 11 is 6.33. The number of para-hydroxylation sites is 1. The number of benzene rings is 3. The number of carbonyl (C=O) groups excluding carboxylic acids is 1. The van der Waals surface area contributed by atoms with Gasteiger partial charge in [-0.25, -0.2) is 4.68 Å². The van der Waals surface area contributed by atoms with Crippen LogP contribution >= 0.6 is 11.6 Å². The largest absolute Gasteiger partial charge is 0.337 e. The Balaban J connectivity index is 1.82. The average Bonchev–Trinajstić information content (AvgIpc) is 3.21. The third-order valence-corrected chi connectivity index (χ3v) is 5.66. The lowest BCUT2D eigenvalue weighted by molar-refractivity contribution is 0.0785. The Bertz CT molecular complexity index is 1190. The lowest BCUT2D eigenvalue weighted by Crippen LogP contribution is -2.27. The third kappa shape index (κ3) is 4.25. The van der Waals surface area contributed by atoms with Gasteiger partial charge in [-0.1, -0.05) is 85.3 Å². The Kier molecular flexibility index (Phi) is 6.19. The number of hydrogen-bond donors (Lipinski definition) is 0. The molecule has 4 aromatic rings. The van der Waals surface area contributed by atoms with Crippen LogP contribution in [0.4, 0.5) is 0 Å². The normalized spacial score (nSPS) is 10.8. The Morgan fingerprint density at radius 2 is 1.55 bits per heavy atom. The van der Waals surface area contributed by atoms with Gasteiger partial charge in [-0.15, -0.1) is 0 Å². The molecular formula is C26H24ClN3O. The molecule has 0 aliphatic heterocycles. The number of hydrogen-bond acceptors (Lipinski definition) is 2. The van der Waals surface area contributed by atoms with Crippen molar-refractivity contribution in [2.24, 2.45) is 0 Å². The second-order valence-corrected chi connectivity index (χ2v) is 7.80. The summed E-state index contributed by atoms with van der Waals surface area (Å²) in [7, 11) is 1.81. The van der Waals surface area contributed by atoms with Crippen molar-refractivity contribution in [3.05, 3.63) is 107 Å². The highest BCUT2D eigenvalue weighted by atomic mass is 35.5. The SMILES string of the molecule is CCc1c(C(=O)N(C)Cc2ccccc2Cl)c(-c2ccccc2)nn1-c1ccccc1. The molecule has 0 fully saturated rings. The number of halogens is 1. The molecule has 1 heterocycles. The van der Waals surface area contributed by atoms with Crippen molar-refractivity contribution in [3.8, 4) is 16.9 Å². The highest BCUT2D eigenvalue weighted by Gasteiger charge is 2.27. The fourth-order valence-corrected chi connectivity index (χ4v) is 3.93. The molecule has 4 nitrogen and oxygen atoms in total. The van der Waals surface area contributed by atoms with Gasteiger partial charge in [-0.3, -0.25) is 4.79 Å². The van der Waals surface area contributed by atoms with Gasteiger partial charge in [0.1, 0.15) is 5.69 Å².